The van der Waals surface area contributed by atoms with Gasteiger partial charge in [0.2, 0.25) is 0 Å². The second-order valence-corrected chi connectivity index (χ2v) is 6.67. The minimum atomic E-state index is -0.203. The monoisotopic (exact) mass is 372 g/mol. The maximum absolute atomic E-state index is 12.8. The van der Waals surface area contributed by atoms with Gasteiger partial charge < -0.3 is 14.8 Å². The van der Waals surface area contributed by atoms with Crippen LogP contribution in [0.5, 0.6) is 11.5 Å². The number of H-pyrrole nitrogens is 1. The van der Waals surface area contributed by atoms with Gasteiger partial charge in [0.1, 0.15) is 17.3 Å². The molecule has 5 heteroatoms. The number of benzene rings is 3. The number of aromatic amines is 1. The molecule has 0 saturated heterocycles. The summed E-state index contributed by atoms with van der Waals surface area (Å²) in [6, 6.07) is 18.8. The Morgan fingerprint density at radius 3 is 2.50 bits per heavy atom. The quantitative estimate of drug-likeness (QED) is 0.563. The van der Waals surface area contributed by atoms with Crippen LogP contribution in [-0.4, -0.2) is 22.2 Å². The molecule has 2 N–H and O–H groups in total. The summed E-state index contributed by atoms with van der Waals surface area (Å²) in [5.74, 6) is 1.44. The highest BCUT2D eigenvalue weighted by molar-refractivity contribution is 5.88. The lowest BCUT2D eigenvalue weighted by Gasteiger charge is -2.13. The Balaban J connectivity index is 1.89. The molecule has 4 rings (SSSR count). The van der Waals surface area contributed by atoms with E-state index in [0.717, 1.165) is 22.1 Å². The predicted molar refractivity (Wildman–Crippen MR) is 110 cm³/mol. The first-order chi connectivity index (χ1) is 13.6. The smallest absolute Gasteiger partial charge is 0.255 e. The van der Waals surface area contributed by atoms with Crippen molar-refractivity contribution < 1.29 is 9.84 Å². The third-order valence-electron chi connectivity index (χ3n) is 4.87. The Labute approximate surface area is 162 Å². The Kier molecular flexibility index (Phi) is 4.57. The summed E-state index contributed by atoms with van der Waals surface area (Å²) >= 11 is 0. The number of nitrogens with one attached hydrogen (secondary N) is 1. The summed E-state index contributed by atoms with van der Waals surface area (Å²) in [4.78, 5) is 20.2. The van der Waals surface area contributed by atoms with Crippen molar-refractivity contribution in [2.75, 3.05) is 7.11 Å². The van der Waals surface area contributed by atoms with Crippen molar-refractivity contribution >= 4 is 10.8 Å². The first kappa shape index (κ1) is 17.8. The van der Waals surface area contributed by atoms with E-state index in [1.165, 1.54) is 0 Å². The van der Waals surface area contributed by atoms with Crippen molar-refractivity contribution in [1.82, 2.24) is 9.97 Å². The zero-order valence-corrected chi connectivity index (χ0v) is 15.7. The van der Waals surface area contributed by atoms with E-state index >= 15 is 0 Å². The highest BCUT2D eigenvalue weighted by Crippen LogP contribution is 2.31. The maximum Gasteiger partial charge on any atom is 0.255 e. The molecule has 0 aliphatic heterocycles. The molecule has 140 valence electrons. The lowest BCUT2D eigenvalue weighted by atomic mass is 9.95. The van der Waals surface area contributed by atoms with E-state index in [1.54, 1.807) is 20.1 Å². The fraction of sp³-hybridized carbons (Fsp3) is 0.130. The van der Waals surface area contributed by atoms with Gasteiger partial charge in [-0.05, 0) is 48.0 Å². The molecule has 1 aromatic heterocycles. The van der Waals surface area contributed by atoms with Crippen molar-refractivity contribution in [2.24, 2.45) is 0 Å². The second-order valence-electron chi connectivity index (χ2n) is 6.67. The molecule has 0 fully saturated rings. The molecule has 0 amide bonds. The van der Waals surface area contributed by atoms with Crippen LogP contribution in [0.25, 0.3) is 22.0 Å². The maximum atomic E-state index is 12.8. The minimum absolute atomic E-state index is 0.166. The van der Waals surface area contributed by atoms with Crippen LogP contribution in [0, 0.1) is 6.92 Å². The van der Waals surface area contributed by atoms with Crippen LogP contribution in [0.3, 0.4) is 0 Å². The number of rotatable bonds is 4. The molecule has 5 nitrogen and oxygen atoms in total. The van der Waals surface area contributed by atoms with Gasteiger partial charge >= 0.3 is 0 Å². The molecule has 0 spiro atoms. The van der Waals surface area contributed by atoms with Gasteiger partial charge in [0, 0.05) is 23.1 Å². The SMILES string of the molecule is COc1ccc(-c2nc(C)[nH]c(=O)c2Cc2c(O)ccc3ccccc23)cc1. The first-order valence-electron chi connectivity index (χ1n) is 9.00. The lowest BCUT2D eigenvalue weighted by molar-refractivity contribution is 0.415. The molecule has 0 atom stereocenters. The third-order valence-corrected chi connectivity index (χ3v) is 4.87. The molecule has 0 bridgehead atoms. The molecule has 3 aromatic carbocycles. The molecule has 0 aliphatic rings. The summed E-state index contributed by atoms with van der Waals surface area (Å²) in [6.07, 6.45) is 0.275. The van der Waals surface area contributed by atoms with Gasteiger partial charge in [-0.25, -0.2) is 4.98 Å². The summed E-state index contributed by atoms with van der Waals surface area (Å²) in [5.41, 5.74) is 2.46. The van der Waals surface area contributed by atoms with E-state index in [0.29, 0.717) is 22.6 Å². The number of nitrogens with zero attached hydrogens (tertiary/aromatic N) is 1. The van der Waals surface area contributed by atoms with Crippen molar-refractivity contribution in [3.8, 4) is 22.8 Å². The minimum Gasteiger partial charge on any atom is -0.508 e. The largest absolute Gasteiger partial charge is 0.508 e. The highest BCUT2D eigenvalue weighted by Gasteiger charge is 2.16. The molecule has 28 heavy (non-hydrogen) atoms. The van der Waals surface area contributed by atoms with Crippen LogP contribution >= 0.6 is 0 Å². The zero-order chi connectivity index (χ0) is 19.7. The van der Waals surface area contributed by atoms with Gasteiger partial charge in [-0.15, -0.1) is 0 Å². The average Bonchev–Trinajstić information content (AvgIpc) is 2.71. The molecule has 0 radical (unpaired) electrons. The average molecular weight is 372 g/mol. The van der Waals surface area contributed by atoms with E-state index in [-0.39, 0.29) is 17.7 Å². The standard InChI is InChI=1S/C23H20N2O3/c1-14-24-22(16-7-10-17(28-2)11-8-16)20(23(27)25-14)13-19-18-6-4-3-5-15(18)9-12-21(19)26/h3-12,26H,13H2,1-2H3,(H,24,25,27). The molecule has 0 unspecified atom stereocenters. The van der Waals surface area contributed by atoms with Gasteiger partial charge in [-0.1, -0.05) is 30.3 Å². The number of methoxy groups -OCH3 is 1. The van der Waals surface area contributed by atoms with Gasteiger partial charge in [0.25, 0.3) is 5.56 Å². The predicted octanol–water partition coefficient (Wildman–Crippen LogP) is 4.20. The number of fused-ring (bicyclic) bond motifs is 1. The van der Waals surface area contributed by atoms with Gasteiger partial charge in [0.05, 0.1) is 12.8 Å². The summed E-state index contributed by atoms with van der Waals surface area (Å²) in [7, 11) is 1.61. The number of phenols is 1. The van der Waals surface area contributed by atoms with Crippen LogP contribution in [0.4, 0.5) is 0 Å². The number of aromatic nitrogens is 2. The number of ether oxygens (including phenoxy) is 1. The van der Waals surface area contributed by atoms with Crippen LogP contribution in [0.15, 0.2) is 65.5 Å². The normalized spacial score (nSPS) is 10.9. The van der Waals surface area contributed by atoms with Crippen LogP contribution in [-0.2, 0) is 6.42 Å². The van der Waals surface area contributed by atoms with E-state index in [1.807, 2.05) is 54.6 Å². The van der Waals surface area contributed by atoms with E-state index in [2.05, 4.69) is 9.97 Å². The van der Waals surface area contributed by atoms with Crippen molar-refractivity contribution in [3.63, 3.8) is 0 Å². The summed E-state index contributed by atoms with van der Waals surface area (Å²) in [6.45, 7) is 1.76. The number of hydrogen-bond acceptors (Lipinski definition) is 4. The van der Waals surface area contributed by atoms with E-state index < -0.39 is 0 Å². The summed E-state index contributed by atoms with van der Waals surface area (Å²) in [5, 5.41) is 12.4. The van der Waals surface area contributed by atoms with E-state index in [4.69, 9.17) is 4.74 Å². The Morgan fingerprint density at radius 1 is 1.00 bits per heavy atom. The molecular weight excluding hydrogens is 352 g/mol. The summed E-state index contributed by atoms with van der Waals surface area (Å²) < 4.78 is 5.22. The molecule has 0 aliphatic carbocycles. The number of phenolic OH excluding ortho intramolecular Hbond substituents is 1. The molecule has 4 aromatic rings. The molecule has 1 heterocycles. The molecular formula is C23H20N2O3. The van der Waals surface area contributed by atoms with Crippen LogP contribution < -0.4 is 10.3 Å². The molecule has 0 saturated carbocycles. The van der Waals surface area contributed by atoms with Crippen molar-refractivity contribution in [3.05, 3.63) is 88.0 Å². The zero-order valence-electron chi connectivity index (χ0n) is 15.7. The van der Waals surface area contributed by atoms with Crippen molar-refractivity contribution in [1.29, 1.82) is 0 Å². The highest BCUT2D eigenvalue weighted by atomic mass is 16.5. The Bertz CT molecular complexity index is 1210. The third kappa shape index (κ3) is 3.22. The fourth-order valence-electron chi connectivity index (χ4n) is 3.45. The number of aryl methyl sites for hydroxylation is 1. The van der Waals surface area contributed by atoms with Gasteiger partial charge in [-0.2, -0.15) is 0 Å². The number of aromatic hydroxyl groups is 1. The topological polar surface area (TPSA) is 75.2 Å². The number of hydrogen-bond donors (Lipinski definition) is 2. The van der Waals surface area contributed by atoms with E-state index in [9.17, 15) is 9.90 Å². The lowest BCUT2D eigenvalue weighted by Crippen LogP contribution is -2.18. The second kappa shape index (κ2) is 7.19. The van der Waals surface area contributed by atoms with Gasteiger partial charge in [-0.3, -0.25) is 4.79 Å². The Hall–Kier alpha value is -3.60. The van der Waals surface area contributed by atoms with Crippen LogP contribution in [0.1, 0.15) is 17.0 Å². The fourth-order valence-corrected chi connectivity index (χ4v) is 3.45. The first-order valence-corrected chi connectivity index (χ1v) is 9.00. The Morgan fingerprint density at radius 2 is 1.75 bits per heavy atom. The van der Waals surface area contributed by atoms with Crippen LogP contribution in [0.2, 0.25) is 0 Å². The van der Waals surface area contributed by atoms with Crippen molar-refractivity contribution in [2.45, 2.75) is 13.3 Å². The van der Waals surface area contributed by atoms with Gasteiger partial charge in [0.15, 0.2) is 0 Å².